The van der Waals surface area contributed by atoms with Gasteiger partial charge in [0.05, 0.1) is 11.7 Å². The molecule has 2 atom stereocenters. The third-order valence-corrected chi connectivity index (χ3v) is 4.87. The molecule has 2 fully saturated rings. The maximum absolute atomic E-state index is 6.28. The summed E-state index contributed by atoms with van der Waals surface area (Å²) < 4.78 is 6.28. The van der Waals surface area contributed by atoms with Crippen molar-refractivity contribution in [2.45, 2.75) is 88.2 Å². The van der Waals surface area contributed by atoms with Crippen LogP contribution in [0.2, 0.25) is 0 Å². The second-order valence-electron chi connectivity index (χ2n) is 5.61. The van der Waals surface area contributed by atoms with Crippen LogP contribution >= 0.6 is 11.6 Å². The molecule has 0 radical (unpaired) electrons. The summed E-state index contributed by atoms with van der Waals surface area (Å²) in [5.74, 6) is 0. The van der Waals surface area contributed by atoms with Gasteiger partial charge >= 0.3 is 0 Å². The van der Waals surface area contributed by atoms with Crippen LogP contribution in [0.5, 0.6) is 0 Å². The molecule has 1 spiro atoms. The zero-order chi connectivity index (χ0) is 11.4. The summed E-state index contributed by atoms with van der Waals surface area (Å²) in [7, 11) is 0. The highest BCUT2D eigenvalue weighted by Gasteiger charge is 2.41. The van der Waals surface area contributed by atoms with Gasteiger partial charge in [-0.05, 0) is 51.4 Å². The fourth-order valence-corrected chi connectivity index (χ4v) is 3.41. The van der Waals surface area contributed by atoms with Gasteiger partial charge in [-0.25, -0.2) is 0 Å². The molecule has 2 rings (SSSR count). The van der Waals surface area contributed by atoms with E-state index in [1.54, 1.807) is 0 Å². The van der Waals surface area contributed by atoms with Crippen molar-refractivity contribution in [3.63, 3.8) is 0 Å². The minimum Gasteiger partial charge on any atom is -0.372 e. The topological polar surface area (TPSA) is 9.23 Å². The Labute approximate surface area is 105 Å². The Kier molecular flexibility index (Phi) is 4.55. The molecule has 16 heavy (non-hydrogen) atoms. The van der Waals surface area contributed by atoms with Crippen molar-refractivity contribution in [3.8, 4) is 0 Å². The molecule has 0 aromatic carbocycles. The van der Waals surface area contributed by atoms with Crippen LogP contribution in [0.15, 0.2) is 0 Å². The summed E-state index contributed by atoms with van der Waals surface area (Å²) in [6, 6.07) is 0. The van der Waals surface area contributed by atoms with Gasteiger partial charge in [0.1, 0.15) is 0 Å². The highest BCUT2D eigenvalue weighted by molar-refractivity contribution is 6.20. The average Bonchev–Trinajstić information content (AvgIpc) is 2.90. The second kappa shape index (κ2) is 5.73. The Morgan fingerprint density at radius 3 is 2.75 bits per heavy atom. The van der Waals surface area contributed by atoms with E-state index in [0.717, 1.165) is 12.8 Å². The minimum absolute atomic E-state index is 0.315. The van der Waals surface area contributed by atoms with Gasteiger partial charge in [-0.1, -0.05) is 19.8 Å². The molecule has 2 unspecified atom stereocenters. The van der Waals surface area contributed by atoms with Gasteiger partial charge in [-0.15, -0.1) is 11.6 Å². The summed E-state index contributed by atoms with van der Waals surface area (Å²) in [6.45, 7) is 2.16. The highest BCUT2D eigenvalue weighted by Crippen LogP contribution is 2.44. The number of alkyl halides is 1. The van der Waals surface area contributed by atoms with E-state index in [0.29, 0.717) is 17.1 Å². The molecule has 1 aliphatic heterocycles. The second-order valence-corrected chi connectivity index (χ2v) is 6.22. The van der Waals surface area contributed by atoms with Crippen LogP contribution in [0.1, 0.15) is 71.1 Å². The Morgan fingerprint density at radius 1 is 1.31 bits per heavy atom. The van der Waals surface area contributed by atoms with Crippen LogP contribution in [-0.4, -0.2) is 17.1 Å². The number of hydrogen-bond donors (Lipinski definition) is 0. The molecule has 1 saturated heterocycles. The summed E-state index contributed by atoms with van der Waals surface area (Å²) in [4.78, 5) is 0. The van der Waals surface area contributed by atoms with Crippen LogP contribution in [0.25, 0.3) is 0 Å². The normalized spacial score (nSPS) is 30.0. The first-order chi connectivity index (χ1) is 7.74. The van der Waals surface area contributed by atoms with Crippen molar-refractivity contribution in [1.82, 2.24) is 0 Å². The quantitative estimate of drug-likeness (QED) is 0.639. The first-order valence-corrected chi connectivity index (χ1v) is 7.50. The predicted molar refractivity (Wildman–Crippen MR) is 69.1 cm³/mol. The van der Waals surface area contributed by atoms with Crippen LogP contribution in [0.3, 0.4) is 0 Å². The first kappa shape index (κ1) is 12.7. The molecule has 0 aromatic heterocycles. The highest BCUT2D eigenvalue weighted by atomic mass is 35.5. The van der Waals surface area contributed by atoms with E-state index < -0.39 is 0 Å². The maximum Gasteiger partial charge on any atom is 0.0687 e. The zero-order valence-corrected chi connectivity index (χ0v) is 11.3. The lowest BCUT2D eigenvalue weighted by Gasteiger charge is -2.23. The van der Waals surface area contributed by atoms with Crippen LogP contribution < -0.4 is 0 Å². The lowest BCUT2D eigenvalue weighted by molar-refractivity contribution is -0.0395. The van der Waals surface area contributed by atoms with Crippen LogP contribution in [-0.2, 0) is 4.74 Å². The standard InChI is InChI=1S/C14H25ClO/c1-2-12(15)6-5-7-13-8-11-14(16-13)9-3-4-10-14/h12-13H,2-11H2,1H3. The fourth-order valence-electron chi connectivity index (χ4n) is 3.26. The van der Waals surface area contributed by atoms with Crippen molar-refractivity contribution in [2.24, 2.45) is 0 Å². The summed E-state index contributed by atoms with van der Waals surface area (Å²) in [5, 5.41) is 0.377. The molecule has 0 bridgehead atoms. The Balaban J connectivity index is 1.65. The van der Waals surface area contributed by atoms with Gasteiger partial charge in [0, 0.05) is 5.38 Å². The van der Waals surface area contributed by atoms with Crippen molar-refractivity contribution in [3.05, 3.63) is 0 Å². The summed E-state index contributed by atoms with van der Waals surface area (Å²) in [5.41, 5.74) is 0.315. The molecule has 0 aromatic rings. The molecule has 0 amide bonds. The van der Waals surface area contributed by atoms with E-state index in [9.17, 15) is 0 Å². The van der Waals surface area contributed by atoms with Gasteiger partial charge in [-0.3, -0.25) is 0 Å². The number of halogens is 1. The first-order valence-electron chi connectivity index (χ1n) is 7.06. The molecule has 0 N–H and O–H groups in total. The smallest absolute Gasteiger partial charge is 0.0687 e. The monoisotopic (exact) mass is 244 g/mol. The third-order valence-electron chi connectivity index (χ3n) is 4.34. The van der Waals surface area contributed by atoms with Gasteiger partial charge in [-0.2, -0.15) is 0 Å². The van der Waals surface area contributed by atoms with E-state index in [4.69, 9.17) is 16.3 Å². The predicted octanol–water partition coefficient (Wildman–Crippen LogP) is 4.67. The molecule has 2 aliphatic rings. The number of hydrogen-bond acceptors (Lipinski definition) is 1. The van der Waals surface area contributed by atoms with Gasteiger partial charge in [0.2, 0.25) is 0 Å². The Hall–Kier alpha value is 0.250. The fraction of sp³-hybridized carbons (Fsp3) is 1.00. The third kappa shape index (κ3) is 3.13. The molecule has 1 nitrogen and oxygen atoms in total. The number of ether oxygens (including phenoxy) is 1. The van der Waals surface area contributed by atoms with Gasteiger partial charge < -0.3 is 4.74 Å². The van der Waals surface area contributed by atoms with Crippen molar-refractivity contribution in [1.29, 1.82) is 0 Å². The maximum atomic E-state index is 6.28. The van der Waals surface area contributed by atoms with Crippen molar-refractivity contribution in [2.75, 3.05) is 0 Å². The van der Waals surface area contributed by atoms with E-state index >= 15 is 0 Å². The van der Waals surface area contributed by atoms with Gasteiger partial charge in [0.25, 0.3) is 0 Å². The van der Waals surface area contributed by atoms with E-state index in [2.05, 4.69) is 6.92 Å². The Morgan fingerprint density at radius 2 is 2.06 bits per heavy atom. The lowest BCUT2D eigenvalue weighted by atomic mass is 9.97. The summed E-state index contributed by atoms with van der Waals surface area (Å²) >= 11 is 6.13. The molecule has 2 heteroatoms. The molecular formula is C14H25ClO. The van der Waals surface area contributed by atoms with E-state index in [1.807, 2.05) is 0 Å². The lowest BCUT2D eigenvalue weighted by Crippen LogP contribution is -2.24. The zero-order valence-electron chi connectivity index (χ0n) is 10.5. The van der Waals surface area contributed by atoms with E-state index in [1.165, 1.54) is 51.4 Å². The van der Waals surface area contributed by atoms with Crippen LogP contribution in [0.4, 0.5) is 0 Å². The minimum atomic E-state index is 0.315. The van der Waals surface area contributed by atoms with Gasteiger partial charge in [0.15, 0.2) is 0 Å². The van der Waals surface area contributed by atoms with Crippen molar-refractivity contribution >= 4 is 11.6 Å². The SMILES string of the molecule is CCC(Cl)CCCC1CCC2(CCCC2)O1. The van der Waals surface area contributed by atoms with Crippen molar-refractivity contribution < 1.29 is 4.74 Å². The van der Waals surface area contributed by atoms with E-state index in [-0.39, 0.29) is 0 Å². The molecule has 1 aliphatic carbocycles. The summed E-state index contributed by atoms with van der Waals surface area (Å²) in [6.07, 6.45) is 13.3. The average molecular weight is 245 g/mol. The molecule has 1 saturated carbocycles. The van der Waals surface area contributed by atoms with Crippen LogP contribution in [0, 0.1) is 0 Å². The largest absolute Gasteiger partial charge is 0.372 e. The molecule has 1 heterocycles. The number of rotatable bonds is 5. The molecular weight excluding hydrogens is 220 g/mol. The Bertz CT molecular complexity index is 211. The molecule has 94 valence electrons.